The maximum absolute atomic E-state index is 9.20. The molecule has 21 rings (SSSR count). The zero-order valence-corrected chi connectivity index (χ0v) is 97.7. The van der Waals surface area contributed by atoms with Gasteiger partial charge in [-0.15, -0.1) is 9.36 Å². The van der Waals surface area contributed by atoms with Gasteiger partial charge < -0.3 is 4.74 Å². The summed E-state index contributed by atoms with van der Waals surface area (Å²) in [5.74, 6) is 4.91. The van der Waals surface area contributed by atoms with E-state index in [0.717, 1.165) is 200 Å². The third-order valence-corrected chi connectivity index (χ3v) is 35.3. The zero-order chi connectivity index (χ0) is 119. The molecule has 12 nitrogen and oxygen atoms in total. The fourth-order valence-electron chi connectivity index (χ4n) is 26.0. The molecule has 12 heteroatoms. The Morgan fingerprint density at radius 3 is 0.933 bits per heavy atom. The minimum absolute atomic E-state index is 0.231. The van der Waals surface area contributed by atoms with E-state index in [9.17, 15) is 8.22 Å². The van der Waals surface area contributed by atoms with Crippen molar-refractivity contribution in [2.24, 2.45) is 63.7 Å². The highest BCUT2D eigenvalue weighted by Gasteiger charge is 2.57. The number of hydrogen-bond acceptors (Lipinski definition) is 4. The number of pyridine rings is 6. The molecule has 0 bridgehead atoms. The highest BCUT2D eigenvalue weighted by molar-refractivity contribution is 6.16. The Kier molecular flexibility index (Phi) is 24.0. The van der Waals surface area contributed by atoms with Crippen LogP contribution < -0.4 is 23.1 Å². The number of ether oxygens (including phenoxy) is 1. The molecule has 18 aromatic rings. The average molecular weight is 2020 g/mol. The summed E-state index contributed by atoms with van der Waals surface area (Å²) >= 11 is 0. The maximum Gasteiger partial charge on any atom is 0.297 e. The third-order valence-electron chi connectivity index (χ3n) is 35.3. The van der Waals surface area contributed by atoms with Crippen LogP contribution in [0.1, 0.15) is 356 Å². The van der Waals surface area contributed by atoms with Crippen LogP contribution in [0.25, 0.3) is 133 Å². The number of methoxy groups -OCH3 is 1. The van der Waals surface area contributed by atoms with Crippen LogP contribution in [0, 0.1) is 105 Å². The molecular weight excluding hydrogens is 1830 g/mol. The fourth-order valence-corrected chi connectivity index (χ4v) is 26.0. The first-order valence-electron chi connectivity index (χ1n) is 61.4. The Morgan fingerprint density at radius 1 is 0.333 bits per heavy atom. The normalized spacial score (nSPS) is 17.9. The molecule has 0 amide bonds. The van der Waals surface area contributed by atoms with E-state index in [4.69, 9.17) is 27.9 Å². The van der Waals surface area contributed by atoms with Crippen molar-refractivity contribution in [1.29, 1.82) is 0 Å². The van der Waals surface area contributed by atoms with Gasteiger partial charge in [-0.3, -0.25) is 15.0 Å². The Morgan fingerprint density at radius 2 is 0.633 bits per heavy atom. The predicted molar refractivity (Wildman–Crippen MR) is 634 cm³/mol. The molecule has 0 radical (unpaired) electrons. The molecule has 784 valence electrons. The van der Waals surface area contributed by atoms with Gasteiger partial charge in [0, 0.05) is 106 Å². The molecule has 0 N–H and O–H groups in total. The van der Waals surface area contributed by atoms with Crippen molar-refractivity contribution in [2.45, 2.75) is 346 Å². The van der Waals surface area contributed by atoms with Crippen LogP contribution in [0.3, 0.4) is 0 Å². The lowest BCUT2D eigenvalue weighted by Crippen LogP contribution is -2.44. The summed E-state index contributed by atoms with van der Waals surface area (Å²) < 4.78 is 130. The van der Waals surface area contributed by atoms with Crippen molar-refractivity contribution in [1.82, 2.24) is 32.8 Å². The van der Waals surface area contributed by atoms with E-state index in [2.05, 4.69) is 368 Å². The van der Waals surface area contributed by atoms with Gasteiger partial charge in [0.15, 0.2) is 41.2 Å². The molecule has 0 saturated carbocycles. The van der Waals surface area contributed by atoms with Gasteiger partial charge in [0.25, 0.3) is 16.9 Å². The molecule has 3 aliphatic rings. The second-order valence-corrected chi connectivity index (χ2v) is 50.8. The smallest absolute Gasteiger partial charge is 0.297 e. The van der Waals surface area contributed by atoms with Gasteiger partial charge in [-0.2, -0.15) is 13.2 Å². The van der Waals surface area contributed by atoms with Crippen LogP contribution in [0.4, 0.5) is 0 Å². The largest absolute Gasteiger partial charge is 0.496 e. The lowest BCUT2D eigenvalue weighted by Gasteiger charge is -2.43. The number of rotatable bonds is 20. The molecule has 0 spiro atoms. The van der Waals surface area contributed by atoms with Gasteiger partial charge in [-0.05, 0) is 304 Å². The van der Waals surface area contributed by atoms with E-state index in [1.165, 1.54) is 83.7 Å². The second kappa shape index (κ2) is 38.9. The van der Waals surface area contributed by atoms with Crippen molar-refractivity contribution in [3.05, 3.63) is 292 Å². The van der Waals surface area contributed by atoms with Gasteiger partial charge in [0.05, 0.1) is 88.9 Å². The first-order valence-corrected chi connectivity index (χ1v) is 55.4. The molecule has 2 unspecified atom stereocenters. The second-order valence-electron chi connectivity index (χ2n) is 50.8. The zero-order valence-electron chi connectivity index (χ0n) is 110. The predicted octanol–water partition coefficient (Wildman–Crippen LogP) is 32.6. The van der Waals surface area contributed by atoms with Crippen LogP contribution in [0.15, 0.2) is 158 Å². The molecule has 0 aliphatic carbocycles. The van der Waals surface area contributed by atoms with E-state index in [1.807, 2.05) is 84.5 Å². The standard InChI is InChI=1S/3C38H48N3.C24H31N2O/c3*1-21(2)15-26-17-27(16-22(3)4)19-28(18-26)33-35-38(10,11)37(8,9)29-14-13-23(5)30-32-31(25(7)24(6)20-39-32)36(40(33)12)41(35)34(29)30;1-16(2)20-10-8-11-21(17(3)4)24(20)19-14-25(6)26(15-19)22-12-9-13-23(27-7)18(22)5/h3*13-14,17-22H,15-16H2,1-12H3;8-17H,1-7H3/q4*+1/i5D3,10D3;10D3;5D3;. The van der Waals surface area contributed by atoms with Gasteiger partial charge in [0.1, 0.15) is 28.0 Å². The first-order chi connectivity index (χ1) is 75.3. The fraction of sp³-hybridized carbons (Fsp3) is 0.457. The van der Waals surface area contributed by atoms with Gasteiger partial charge >= 0.3 is 0 Å². The first kappa shape index (κ1) is 92.7. The van der Waals surface area contributed by atoms with Gasteiger partial charge in [0.2, 0.25) is 6.20 Å². The van der Waals surface area contributed by atoms with Crippen LogP contribution in [-0.4, -0.2) is 39.9 Å². The summed E-state index contributed by atoms with van der Waals surface area (Å²) in [7, 11) is 10.2. The lowest BCUT2D eigenvalue weighted by atomic mass is 9.60. The number of fused-ring (bicyclic) bond motifs is 9. The van der Waals surface area contributed by atoms with E-state index in [-0.39, 0.29) is 16.4 Å². The third kappa shape index (κ3) is 17.2. The van der Waals surface area contributed by atoms with Crippen molar-refractivity contribution in [3.63, 3.8) is 0 Å². The molecule has 2 atom stereocenters. The minimum atomic E-state index is -2.40. The lowest BCUT2D eigenvalue weighted by molar-refractivity contribution is -0.744. The van der Waals surface area contributed by atoms with E-state index in [1.54, 1.807) is 13.2 Å². The molecule has 8 aromatic carbocycles. The van der Waals surface area contributed by atoms with Crippen molar-refractivity contribution < 1.29 is 39.6 Å². The number of imidazole rings is 3. The molecule has 150 heavy (non-hydrogen) atoms. The summed E-state index contributed by atoms with van der Waals surface area (Å²) in [6.07, 6.45) is 16.0. The van der Waals surface area contributed by atoms with Gasteiger partial charge in [-0.1, -0.05) is 273 Å². The Labute approximate surface area is 914 Å². The minimum Gasteiger partial charge on any atom is -0.496 e. The number of aryl methyl sites for hydroxylation is 13. The Balaban J connectivity index is 0.000000141. The number of benzene rings is 8. The van der Waals surface area contributed by atoms with E-state index >= 15 is 0 Å². The number of aromatic nitrogens is 11. The summed E-state index contributed by atoms with van der Waals surface area (Å²) in [5.41, 5.74) is 39.5. The summed E-state index contributed by atoms with van der Waals surface area (Å²) in [6, 6.07) is 45.7. The highest BCUT2D eigenvalue weighted by atomic mass is 16.5. The van der Waals surface area contributed by atoms with Gasteiger partial charge in [-0.25, -0.2) is 13.7 Å². The van der Waals surface area contributed by atoms with Crippen molar-refractivity contribution in [2.75, 3.05) is 7.11 Å². The summed E-state index contributed by atoms with van der Waals surface area (Å²) in [6.45, 7) is 65.2. The monoisotopic (exact) mass is 2010 g/mol. The quantitative estimate of drug-likeness (QED) is 0.0562. The summed E-state index contributed by atoms with van der Waals surface area (Å²) in [5, 5.41) is 5.43. The average Bonchev–Trinajstić information content (AvgIpc) is 1.45. The van der Waals surface area contributed by atoms with E-state index in [0.29, 0.717) is 69.5 Å². The number of nitrogens with zero attached hydrogens (tertiary/aromatic N) is 11. The summed E-state index contributed by atoms with van der Waals surface area (Å²) in [4.78, 5) is 15.1. The Hall–Kier alpha value is -12.2. The van der Waals surface area contributed by atoms with Crippen molar-refractivity contribution in [3.8, 4) is 56.3 Å². The molecule has 0 saturated heterocycles. The van der Waals surface area contributed by atoms with Crippen LogP contribution in [-0.2, 0) is 99.2 Å². The molecular formula is C138H175N11O+4. The van der Waals surface area contributed by atoms with E-state index < -0.39 is 49.1 Å². The molecule has 13 heterocycles. The Bertz CT molecular complexity index is 8950. The van der Waals surface area contributed by atoms with Crippen molar-refractivity contribution >= 4 is 82.4 Å². The highest BCUT2D eigenvalue weighted by Crippen LogP contribution is 2.59. The topological polar surface area (TPSA) is 81.6 Å². The molecule has 10 aromatic heterocycles. The molecule has 3 aliphatic heterocycles. The van der Waals surface area contributed by atoms with Crippen LogP contribution >= 0.6 is 0 Å². The van der Waals surface area contributed by atoms with Crippen LogP contribution in [0.5, 0.6) is 5.75 Å². The number of hydrogen-bond donors (Lipinski definition) is 0. The van der Waals surface area contributed by atoms with Crippen LogP contribution in [0.2, 0.25) is 0 Å². The SMILES string of the molecule is COc1cccc(-n2cc(-c3c(C(C)C)cccc3C(C)C)c[n+]2C)c1C.[2H]C([2H])([2H])C1(C)c2c(-c3cc(CC(C)C)cc(CC(C)C)c3)[n+](C)c3c4c(C)c(C)cnc4c4c(C)ccc(c4n23)C1(C)C.[2H]C([2H])([2H])c1ccc2c3c1c1ncc(C)c(C)c1c1n3c(c(-c3cc(CC(C)C)cc(CC(C)C)c3)[n+]1C)C(C)(C([2H])([2H])[2H])C2(C)C.[2H]C([2H])([2H])c1ccc2c3c1c1ncc(C)c(C)c1c1n3c(c(-c3cc(CC(C)C)cc(CC(C)C)c3)[n+]1C)C(C)(C)C2(C)C. The maximum atomic E-state index is 9.20. The molecule has 0 fully saturated rings.